The molecule has 0 bridgehead atoms. The molecule has 1 aromatic heterocycles. The summed E-state index contributed by atoms with van der Waals surface area (Å²) in [5, 5.41) is 9.42. The van der Waals surface area contributed by atoms with Gasteiger partial charge in [-0.3, -0.25) is 0 Å². The van der Waals surface area contributed by atoms with Crippen molar-refractivity contribution in [2.75, 3.05) is 25.9 Å². The largest absolute Gasteiger partial charge is 0.357 e. The second-order valence-electron chi connectivity index (χ2n) is 5.46. The molecule has 0 radical (unpaired) electrons. The molecule has 9 heteroatoms. The number of aliphatic imine (C=N–C) groups is 1. The van der Waals surface area contributed by atoms with Gasteiger partial charge in [0, 0.05) is 25.0 Å². The Morgan fingerprint density at radius 3 is 2.65 bits per heavy atom. The van der Waals surface area contributed by atoms with E-state index in [-0.39, 0.29) is 0 Å². The Morgan fingerprint density at radius 1 is 1.35 bits per heavy atom. The molecule has 132 valence electrons. The van der Waals surface area contributed by atoms with Crippen LogP contribution in [0.4, 0.5) is 0 Å². The third-order valence-electron chi connectivity index (χ3n) is 2.89. The molecule has 0 aliphatic rings. The molecule has 0 spiro atoms. The number of guanidine groups is 1. The van der Waals surface area contributed by atoms with E-state index in [1.54, 1.807) is 11.3 Å². The van der Waals surface area contributed by atoms with Crippen LogP contribution in [0.1, 0.15) is 43.8 Å². The number of hydrogen-bond acceptors (Lipinski definition) is 5. The van der Waals surface area contributed by atoms with E-state index < -0.39 is 10.0 Å². The minimum atomic E-state index is -3.12. The van der Waals surface area contributed by atoms with Gasteiger partial charge >= 0.3 is 0 Å². The summed E-state index contributed by atoms with van der Waals surface area (Å²) in [6, 6.07) is 0. The highest BCUT2D eigenvalue weighted by molar-refractivity contribution is 7.88. The Balaban J connectivity index is 2.43. The summed E-state index contributed by atoms with van der Waals surface area (Å²) in [5.74, 6) is 1.14. The van der Waals surface area contributed by atoms with Gasteiger partial charge in [-0.25, -0.2) is 23.1 Å². The first kappa shape index (κ1) is 19.9. The predicted octanol–water partition coefficient (Wildman–Crippen LogP) is 1.26. The number of hydrogen-bond donors (Lipinski definition) is 3. The van der Waals surface area contributed by atoms with E-state index in [0.717, 1.165) is 23.5 Å². The van der Waals surface area contributed by atoms with Gasteiger partial charge in [-0.1, -0.05) is 13.8 Å². The van der Waals surface area contributed by atoms with E-state index in [2.05, 4.69) is 44.6 Å². The number of sulfonamides is 1. The molecule has 23 heavy (non-hydrogen) atoms. The zero-order chi connectivity index (χ0) is 17.3. The SMILES string of the molecule is CCNC(=NCc1nc(C(C)C)cs1)NCCCNS(C)(=O)=O. The maximum atomic E-state index is 11.0. The number of nitrogens with zero attached hydrogens (tertiary/aromatic N) is 2. The first-order valence-corrected chi connectivity index (χ1v) is 10.5. The summed E-state index contributed by atoms with van der Waals surface area (Å²) < 4.78 is 24.4. The number of aromatic nitrogens is 1. The zero-order valence-corrected chi connectivity index (χ0v) is 15.9. The molecule has 0 aliphatic heterocycles. The van der Waals surface area contributed by atoms with Crippen molar-refractivity contribution in [2.24, 2.45) is 4.99 Å². The van der Waals surface area contributed by atoms with E-state index >= 15 is 0 Å². The Kier molecular flexibility index (Phi) is 8.49. The molecular weight excluding hydrogens is 334 g/mol. The Hall–Kier alpha value is -1.19. The predicted molar refractivity (Wildman–Crippen MR) is 96.5 cm³/mol. The lowest BCUT2D eigenvalue weighted by atomic mass is 10.2. The number of rotatable bonds is 9. The lowest BCUT2D eigenvalue weighted by Gasteiger charge is -2.10. The highest BCUT2D eigenvalue weighted by Crippen LogP contribution is 2.18. The smallest absolute Gasteiger partial charge is 0.208 e. The van der Waals surface area contributed by atoms with Crippen LogP contribution in [0.15, 0.2) is 10.4 Å². The lowest BCUT2D eigenvalue weighted by Crippen LogP contribution is -2.38. The molecule has 7 nitrogen and oxygen atoms in total. The molecule has 0 unspecified atom stereocenters. The number of thiazole rings is 1. The van der Waals surface area contributed by atoms with Gasteiger partial charge in [0.15, 0.2) is 5.96 Å². The fraction of sp³-hybridized carbons (Fsp3) is 0.714. The summed E-state index contributed by atoms with van der Waals surface area (Å²) in [6.07, 6.45) is 1.84. The summed E-state index contributed by atoms with van der Waals surface area (Å²) in [6.45, 7) is 8.61. The maximum Gasteiger partial charge on any atom is 0.208 e. The Morgan fingerprint density at radius 2 is 2.09 bits per heavy atom. The average Bonchev–Trinajstić information content (AvgIpc) is 2.92. The second-order valence-corrected chi connectivity index (χ2v) is 8.24. The van der Waals surface area contributed by atoms with Crippen molar-refractivity contribution in [1.82, 2.24) is 20.3 Å². The summed E-state index contributed by atoms with van der Waals surface area (Å²) in [7, 11) is -3.12. The van der Waals surface area contributed by atoms with E-state index in [1.165, 1.54) is 0 Å². The van der Waals surface area contributed by atoms with Gasteiger partial charge < -0.3 is 10.6 Å². The standard InChI is InChI=1S/C14H27N5O2S2/c1-5-15-14(16-7-6-8-18-23(4,20)21)17-9-13-19-12(10-22-13)11(2)3/h10-11,18H,5-9H2,1-4H3,(H2,15,16,17). The van der Waals surface area contributed by atoms with Gasteiger partial charge in [0.05, 0.1) is 18.5 Å². The van der Waals surface area contributed by atoms with Crippen LogP contribution >= 0.6 is 11.3 Å². The monoisotopic (exact) mass is 361 g/mol. The second kappa shape index (κ2) is 9.84. The van der Waals surface area contributed by atoms with Crippen LogP contribution in [-0.4, -0.2) is 45.3 Å². The van der Waals surface area contributed by atoms with Gasteiger partial charge in [0.1, 0.15) is 5.01 Å². The molecule has 0 saturated carbocycles. The van der Waals surface area contributed by atoms with Crippen LogP contribution in [-0.2, 0) is 16.6 Å². The zero-order valence-electron chi connectivity index (χ0n) is 14.2. The third-order valence-corrected chi connectivity index (χ3v) is 4.47. The van der Waals surface area contributed by atoms with E-state index in [0.29, 0.717) is 37.9 Å². The molecule has 1 aromatic rings. The van der Waals surface area contributed by atoms with Crippen molar-refractivity contribution in [2.45, 2.75) is 39.7 Å². The lowest BCUT2D eigenvalue weighted by molar-refractivity contribution is 0.584. The third kappa shape index (κ3) is 8.87. The van der Waals surface area contributed by atoms with Gasteiger partial charge in [0.25, 0.3) is 0 Å². The van der Waals surface area contributed by atoms with Gasteiger partial charge in [-0.05, 0) is 19.3 Å². The minimum Gasteiger partial charge on any atom is -0.357 e. The fourth-order valence-corrected chi connectivity index (χ4v) is 3.10. The van der Waals surface area contributed by atoms with Crippen LogP contribution in [0.25, 0.3) is 0 Å². The summed E-state index contributed by atoms with van der Waals surface area (Å²) in [4.78, 5) is 9.06. The highest BCUT2D eigenvalue weighted by Gasteiger charge is 2.05. The van der Waals surface area contributed by atoms with Crippen LogP contribution in [0.3, 0.4) is 0 Å². The van der Waals surface area contributed by atoms with Crippen LogP contribution < -0.4 is 15.4 Å². The molecule has 0 aliphatic carbocycles. The molecule has 1 rings (SSSR count). The molecule has 0 fully saturated rings. The molecule has 0 amide bonds. The first-order chi connectivity index (χ1) is 10.8. The van der Waals surface area contributed by atoms with Crippen molar-refractivity contribution >= 4 is 27.3 Å². The highest BCUT2D eigenvalue weighted by atomic mass is 32.2. The van der Waals surface area contributed by atoms with Crippen molar-refractivity contribution in [3.8, 4) is 0 Å². The summed E-state index contributed by atoms with van der Waals surface area (Å²) >= 11 is 1.62. The van der Waals surface area contributed by atoms with Crippen molar-refractivity contribution < 1.29 is 8.42 Å². The molecular formula is C14H27N5O2S2. The first-order valence-electron chi connectivity index (χ1n) is 7.73. The van der Waals surface area contributed by atoms with Crippen LogP contribution in [0.2, 0.25) is 0 Å². The normalized spacial score (nSPS) is 12.7. The van der Waals surface area contributed by atoms with Crippen LogP contribution in [0, 0.1) is 0 Å². The topological polar surface area (TPSA) is 95.5 Å². The van der Waals surface area contributed by atoms with E-state index in [9.17, 15) is 8.42 Å². The molecule has 0 atom stereocenters. The fourth-order valence-electron chi connectivity index (χ4n) is 1.70. The van der Waals surface area contributed by atoms with E-state index in [1.807, 2.05) is 6.92 Å². The quantitative estimate of drug-likeness (QED) is 0.350. The van der Waals surface area contributed by atoms with Crippen molar-refractivity contribution in [3.05, 3.63) is 16.1 Å². The Bertz CT molecular complexity index is 596. The Labute approximate surface area is 143 Å². The van der Waals surface area contributed by atoms with Crippen molar-refractivity contribution in [1.29, 1.82) is 0 Å². The molecule has 0 aromatic carbocycles. The van der Waals surface area contributed by atoms with E-state index in [4.69, 9.17) is 0 Å². The molecule has 1 heterocycles. The number of nitrogens with one attached hydrogen (secondary N) is 3. The molecule has 0 saturated heterocycles. The maximum absolute atomic E-state index is 11.0. The minimum absolute atomic E-state index is 0.412. The van der Waals surface area contributed by atoms with Crippen molar-refractivity contribution in [3.63, 3.8) is 0 Å². The van der Waals surface area contributed by atoms with Crippen LogP contribution in [0.5, 0.6) is 0 Å². The summed E-state index contributed by atoms with van der Waals surface area (Å²) in [5.41, 5.74) is 1.10. The average molecular weight is 362 g/mol. The van der Waals surface area contributed by atoms with Gasteiger partial charge in [0.2, 0.25) is 10.0 Å². The van der Waals surface area contributed by atoms with Gasteiger partial charge in [-0.15, -0.1) is 11.3 Å². The van der Waals surface area contributed by atoms with Gasteiger partial charge in [-0.2, -0.15) is 0 Å². The molecule has 3 N–H and O–H groups in total.